The first kappa shape index (κ1) is 21.1. The molecule has 1 aliphatic heterocycles. The van der Waals surface area contributed by atoms with Crippen molar-refractivity contribution in [3.05, 3.63) is 71.8 Å². The lowest BCUT2D eigenvalue weighted by molar-refractivity contribution is -0.137. The van der Waals surface area contributed by atoms with Gasteiger partial charge in [0.05, 0.1) is 0 Å². The van der Waals surface area contributed by atoms with Gasteiger partial charge in [-0.3, -0.25) is 14.5 Å². The summed E-state index contributed by atoms with van der Waals surface area (Å²) in [6, 6.07) is 19.9. The van der Waals surface area contributed by atoms with E-state index < -0.39 is 6.04 Å². The van der Waals surface area contributed by atoms with E-state index in [2.05, 4.69) is 34.5 Å². The summed E-state index contributed by atoms with van der Waals surface area (Å²) in [5, 5.41) is 2.88. The number of nitrogens with one attached hydrogen (secondary N) is 1. The summed E-state index contributed by atoms with van der Waals surface area (Å²) in [6.07, 6.45) is 0.381. The average Bonchev–Trinajstić information content (AvgIpc) is 2.75. The fourth-order valence-electron chi connectivity index (χ4n) is 3.78. The molecule has 1 aliphatic rings. The average molecular weight is 394 g/mol. The molecule has 2 atom stereocenters. The smallest absolute Gasteiger partial charge is 0.244 e. The molecule has 5 nitrogen and oxygen atoms in total. The molecular weight excluding hydrogens is 362 g/mol. The molecule has 2 aromatic carbocycles. The Kier molecular flexibility index (Phi) is 7.42. The highest BCUT2D eigenvalue weighted by Crippen LogP contribution is 2.18. The van der Waals surface area contributed by atoms with Gasteiger partial charge in [0.15, 0.2) is 0 Å². The molecule has 1 N–H and O–H groups in total. The van der Waals surface area contributed by atoms with Crippen LogP contribution in [0, 0.1) is 0 Å². The normalized spacial score (nSPS) is 16.8. The van der Waals surface area contributed by atoms with Crippen LogP contribution < -0.4 is 5.32 Å². The highest BCUT2D eigenvalue weighted by molar-refractivity contribution is 5.87. The number of amides is 2. The molecule has 0 saturated carbocycles. The SMILES string of the molecule is CC(NC(=O)CC(C)c1ccccc1)C(=O)N1CCN(Cc2ccccc2)CC1. The fourth-order valence-corrected chi connectivity index (χ4v) is 3.78. The minimum atomic E-state index is -0.494. The molecule has 2 unspecified atom stereocenters. The van der Waals surface area contributed by atoms with E-state index in [0.29, 0.717) is 19.5 Å². The van der Waals surface area contributed by atoms with Crippen LogP contribution in [0.25, 0.3) is 0 Å². The summed E-state index contributed by atoms with van der Waals surface area (Å²) in [4.78, 5) is 29.4. The van der Waals surface area contributed by atoms with E-state index >= 15 is 0 Å². The number of hydrogen-bond acceptors (Lipinski definition) is 3. The molecule has 154 valence electrons. The monoisotopic (exact) mass is 393 g/mol. The van der Waals surface area contributed by atoms with Crippen molar-refractivity contribution in [2.75, 3.05) is 26.2 Å². The minimum Gasteiger partial charge on any atom is -0.345 e. The minimum absolute atomic E-state index is 0.00470. The second kappa shape index (κ2) is 10.2. The Morgan fingerprint density at radius 3 is 2.10 bits per heavy atom. The van der Waals surface area contributed by atoms with Gasteiger partial charge >= 0.3 is 0 Å². The van der Waals surface area contributed by atoms with E-state index in [1.807, 2.05) is 48.2 Å². The van der Waals surface area contributed by atoms with Crippen molar-refractivity contribution in [1.29, 1.82) is 0 Å². The molecule has 0 bridgehead atoms. The van der Waals surface area contributed by atoms with Crippen LogP contribution in [0.5, 0.6) is 0 Å². The van der Waals surface area contributed by atoms with Gasteiger partial charge in [-0.2, -0.15) is 0 Å². The van der Waals surface area contributed by atoms with Crippen LogP contribution in [0.15, 0.2) is 60.7 Å². The van der Waals surface area contributed by atoms with Gasteiger partial charge in [0.2, 0.25) is 11.8 Å². The lowest BCUT2D eigenvalue weighted by atomic mass is 9.97. The van der Waals surface area contributed by atoms with Crippen molar-refractivity contribution in [3.63, 3.8) is 0 Å². The quantitative estimate of drug-likeness (QED) is 0.787. The Hall–Kier alpha value is -2.66. The first-order valence-electron chi connectivity index (χ1n) is 10.4. The molecule has 0 radical (unpaired) electrons. The highest BCUT2D eigenvalue weighted by atomic mass is 16.2. The predicted molar refractivity (Wildman–Crippen MR) is 115 cm³/mol. The first-order chi connectivity index (χ1) is 14.0. The molecule has 2 aromatic rings. The Balaban J connectivity index is 1.42. The second-order valence-corrected chi connectivity index (χ2v) is 7.89. The number of carbonyl (C=O) groups is 2. The van der Waals surface area contributed by atoms with Crippen molar-refractivity contribution < 1.29 is 9.59 Å². The number of rotatable bonds is 7. The summed E-state index contributed by atoms with van der Waals surface area (Å²) in [6.45, 7) is 7.83. The molecule has 1 fully saturated rings. The van der Waals surface area contributed by atoms with Gasteiger partial charge in [-0.1, -0.05) is 67.6 Å². The van der Waals surface area contributed by atoms with Gasteiger partial charge in [-0.25, -0.2) is 0 Å². The summed E-state index contributed by atoms with van der Waals surface area (Å²) in [5.74, 6) is 0.0509. The van der Waals surface area contributed by atoms with Crippen molar-refractivity contribution in [3.8, 4) is 0 Å². The summed E-state index contributed by atoms with van der Waals surface area (Å²) in [7, 11) is 0. The molecule has 1 saturated heterocycles. The van der Waals surface area contributed by atoms with Gasteiger partial charge in [0, 0.05) is 39.1 Å². The summed E-state index contributed by atoms with van der Waals surface area (Å²) < 4.78 is 0. The van der Waals surface area contributed by atoms with Gasteiger partial charge in [-0.05, 0) is 24.0 Å². The topological polar surface area (TPSA) is 52.7 Å². The molecule has 0 spiro atoms. The van der Waals surface area contributed by atoms with E-state index in [1.165, 1.54) is 5.56 Å². The first-order valence-corrected chi connectivity index (χ1v) is 10.4. The highest BCUT2D eigenvalue weighted by Gasteiger charge is 2.26. The molecular formula is C24H31N3O2. The van der Waals surface area contributed by atoms with Crippen LogP contribution in [0.1, 0.15) is 37.3 Å². The summed E-state index contributed by atoms with van der Waals surface area (Å²) in [5.41, 5.74) is 2.43. The van der Waals surface area contributed by atoms with Gasteiger partial charge < -0.3 is 10.2 Å². The zero-order chi connectivity index (χ0) is 20.6. The number of hydrogen-bond donors (Lipinski definition) is 1. The third kappa shape index (κ3) is 6.16. The lowest BCUT2D eigenvalue weighted by Crippen LogP contribution is -2.54. The van der Waals surface area contributed by atoms with Crippen molar-refractivity contribution in [2.24, 2.45) is 0 Å². The number of nitrogens with zero attached hydrogens (tertiary/aromatic N) is 2. The molecule has 29 heavy (non-hydrogen) atoms. The molecule has 0 aliphatic carbocycles. The van der Waals surface area contributed by atoms with E-state index in [-0.39, 0.29) is 17.7 Å². The van der Waals surface area contributed by atoms with Crippen LogP contribution >= 0.6 is 0 Å². The Morgan fingerprint density at radius 2 is 1.48 bits per heavy atom. The fraction of sp³-hybridized carbons (Fsp3) is 0.417. The zero-order valence-electron chi connectivity index (χ0n) is 17.4. The van der Waals surface area contributed by atoms with E-state index in [0.717, 1.165) is 25.2 Å². The Bertz CT molecular complexity index is 786. The number of piperazine rings is 1. The van der Waals surface area contributed by atoms with Crippen LogP contribution in [0.3, 0.4) is 0 Å². The van der Waals surface area contributed by atoms with Crippen LogP contribution in [-0.4, -0.2) is 53.8 Å². The van der Waals surface area contributed by atoms with E-state index in [9.17, 15) is 9.59 Å². The van der Waals surface area contributed by atoms with Crippen LogP contribution in [0.4, 0.5) is 0 Å². The Morgan fingerprint density at radius 1 is 0.897 bits per heavy atom. The van der Waals surface area contributed by atoms with Gasteiger partial charge in [0.1, 0.15) is 6.04 Å². The number of carbonyl (C=O) groups excluding carboxylic acids is 2. The van der Waals surface area contributed by atoms with Crippen LogP contribution in [0.2, 0.25) is 0 Å². The lowest BCUT2D eigenvalue weighted by Gasteiger charge is -2.36. The van der Waals surface area contributed by atoms with Crippen molar-refractivity contribution in [1.82, 2.24) is 15.1 Å². The molecule has 2 amide bonds. The molecule has 3 rings (SSSR count). The van der Waals surface area contributed by atoms with Crippen LogP contribution in [-0.2, 0) is 16.1 Å². The predicted octanol–water partition coefficient (Wildman–Crippen LogP) is 3.03. The van der Waals surface area contributed by atoms with E-state index in [1.54, 1.807) is 6.92 Å². The van der Waals surface area contributed by atoms with E-state index in [4.69, 9.17) is 0 Å². The third-order valence-corrected chi connectivity index (χ3v) is 5.54. The maximum Gasteiger partial charge on any atom is 0.244 e. The van der Waals surface area contributed by atoms with Gasteiger partial charge in [-0.15, -0.1) is 0 Å². The molecule has 1 heterocycles. The molecule has 5 heteroatoms. The van der Waals surface area contributed by atoms with Crippen molar-refractivity contribution >= 4 is 11.8 Å². The number of benzene rings is 2. The maximum atomic E-state index is 12.7. The standard InChI is InChI=1S/C24H31N3O2/c1-19(22-11-7-4-8-12-22)17-23(28)25-20(2)24(29)27-15-13-26(14-16-27)18-21-9-5-3-6-10-21/h3-12,19-20H,13-18H2,1-2H3,(H,25,28). The Labute approximate surface area is 173 Å². The second-order valence-electron chi connectivity index (χ2n) is 7.89. The zero-order valence-corrected chi connectivity index (χ0v) is 17.4. The maximum absolute atomic E-state index is 12.7. The third-order valence-electron chi connectivity index (χ3n) is 5.54. The van der Waals surface area contributed by atoms with Gasteiger partial charge in [0.25, 0.3) is 0 Å². The molecule has 0 aromatic heterocycles. The summed E-state index contributed by atoms with van der Waals surface area (Å²) >= 11 is 0. The largest absolute Gasteiger partial charge is 0.345 e. The van der Waals surface area contributed by atoms with Crippen molar-refractivity contribution in [2.45, 2.75) is 38.8 Å².